The normalized spacial score (nSPS) is 53.8. The van der Waals surface area contributed by atoms with Crippen molar-refractivity contribution in [3.63, 3.8) is 0 Å². The van der Waals surface area contributed by atoms with Gasteiger partial charge in [-0.2, -0.15) is 11.5 Å². The SMILES string of the molecule is ClB([C@@H]1C[C@@H]2CC[C@H]1C2)[C@@H]1C[C@@H]2CC[C@H]1C2. The number of halogens is 1. The van der Waals surface area contributed by atoms with Crippen LogP contribution in [0.1, 0.15) is 51.4 Å². The number of rotatable bonds is 2. The lowest BCUT2D eigenvalue weighted by Crippen LogP contribution is -2.28. The minimum atomic E-state index is 0.547. The van der Waals surface area contributed by atoms with E-state index in [0.717, 1.165) is 35.3 Å². The highest BCUT2D eigenvalue weighted by Crippen LogP contribution is 2.60. The van der Waals surface area contributed by atoms with Crippen molar-refractivity contribution in [2.24, 2.45) is 23.7 Å². The highest BCUT2D eigenvalue weighted by atomic mass is 35.5. The van der Waals surface area contributed by atoms with Crippen molar-refractivity contribution < 1.29 is 0 Å². The van der Waals surface area contributed by atoms with Gasteiger partial charge in [0.15, 0.2) is 0 Å². The Balaban J connectivity index is 1.48. The van der Waals surface area contributed by atoms with Crippen LogP contribution in [0.4, 0.5) is 0 Å². The van der Waals surface area contributed by atoms with E-state index in [2.05, 4.69) is 0 Å². The lowest BCUT2D eigenvalue weighted by molar-refractivity contribution is 0.443. The van der Waals surface area contributed by atoms with Crippen molar-refractivity contribution in [3.05, 3.63) is 0 Å². The zero-order valence-electron chi connectivity index (χ0n) is 10.1. The first-order chi connectivity index (χ1) is 7.81. The van der Waals surface area contributed by atoms with E-state index >= 15 is 0 Å². The fourth-order valence-corrected chi connectivity index (χ4v) is 6.30. The minimum absolute atomic E-state index is 0.547. The maximum atomic E-state index is 6.88. The molecular formula is C14H22BCl. The zero-order valence-corrected chi connectivity index (χ0v) is 10.8. The Hall–Kier alpha value is 0.355. The summed E-state index contributed by atoms with van der Waals surface area (Å²) in [7, 11) is 0. The Kier molecular flexibility index (Phi) is 2.36. The summed E-state index contributed by atoms with van der Waals surface area (Å²) in [5, 5.41) is 0. The minimum Gasteiger partial charge on any atom is -0.195 e. The third-order valence-electron chi connectivity index (χ3n) is 6.40. The predicted molar refractivity (Wildman–Crippen MR) is 70.0 cm³/mol. The summed E-state index contributed by atoms with van der Waals surface area (Å²) in [6.45, 7) is 0. The summed E-state index contributed by atoms with van der Waals surface area (Å²) in [4.78, 5) is 0. The molecule has 0 unspecified atom stereocenters. The monoisotopic (exact) mass is 236 g/mol. The summed E-state index contributed by atoms with van der Waals surface area (Å²) >= 11 is 6.88. The van der Waals surface area contributed by atoms with E-state index in [-0.39, 0.29) is 0 Å². The van der Waals surface area contributed by atoms with Gasteiger partial charge in [-0.25, -0.2) is 0 Å². The molecule has 4 bridgehead atoms. The van der Waals surface area contributed by atoms with Crippen molar-refractivity contribution in [2.45, 2.75) is 63.0 Å². The molecule has 6 atom stereocenters. The van der Waals surface area contributed by atoms with Gasteiger partial charge in [0, 0.05) is 0 Å². The fraction of sp³-hybridized carbons (Fsp3) is 1.00. The van der Waals surface area contributed by atoms with E-state index in [1.54, 1.807) is 0 Å². The Morgan fingerprint density at radius 3 is 1.50 bits per heavy atom. The van der Waals surface area contributed by atoms with Crippen LogP contribution in [0.3, 0.4) is 0 Å². The summed E-state index contributed by atoms with van der Waals surface area (Å²) in [5.41, 5.74) is 0. The van der Waals surface area contributed by atoms with Crippen molar-refractivity contribution in [3.8, 4) is 0 Å². The number of hydrogen-bond donors (Lipinski definition) is 0. The van der Waals surface area contributed by atoms with Crippen LogP contribution < -0.4 is 0 Å². The molecule has 2 heteroatoms. The average molecular weight is 237 g/mol. The lowest BCUT2D eigenvalue weighted by atomic mass is 9.46. The van der Waals surface area contributed by atoms with Gasteiger partial charge < -0.3 is 0 Å². The summed E-state index contributed by atoms with van der Waals surface area (Å²) < 4.78 is 0. The Bertz CT molecular complexity index is 264. The highest BCUT2D eigenvalue weighted by Gasteiger charge is 2.51. The molecule has 0 heterocycles. The van der Waals surface area contributed by atoms with E-state index in [4.69, 9.17) is 11.5 Å². The molecule has 4 aliphatic rings. The molecule has 0 N–H and O–H groups in total. The molecule has 0 amide bonds. The molecule has 0 saturated heterocycles. The second-order valence-electron chi connectivity index (χ2n) is 7.12. The van der Waals surface area contributed by atoms with Gasteiger partial charge in [-0.15, -0.1) is 0 Å². The van der Waals surface area contributed by atoms with E-state index in [0.29, 0.717) is 6.13 Å². The number of fused-ring (bicyclic) bond motifs is 4. The van der Waals surface area contributed by atoms with Gasteiger partial charge in [-0.3, -0.25) is 0 Å². The fourth-order valence-electron chi connectivity index (χ4n) is 5.69. The van der Waals surface area contributed by atoms with Crippen LogP contribution in [0.15, 0.2) is 0 Å². The maximum absolute atomic E-state index is 6.88. The average Bonchev–Trinajstić information content (AvgIpc) is 3.06. The first kappa shape index (κ1) is 10.3. The van der Waals surface area contributed by atoms with Crippen LogP contribution in [0.2, 0.25) is 11.6 Å². The van der Waals surface area contributed by atoms with Crippen LogP contribution in [-0.2, 0) is 0 Å². The summed E-state index contributed by atoms with van der Waals surface area (Å²) in [6.07, 6.45) is 12.6. The molecule has 0 aromatic heterocycles. The first-order valence-electron chi connectivity index (χ1n) is 7.45. The molecule has 4 rings (SSSR count). The van der Waals surface area contributed by atoms with Crippen LogP contribution in [0.25, 0.3) is 0 Å². The van der Waals surface area contributed by atoms with Crippen molar-refractivity contribution in [2.75, 3.05) is 0 Å². The van der Waals surface area contributed by atoms with Crippen LogP contribution >= 0.6 is 11.5 Å². The van der Waals surface area contributed by atoms with Crippen LogP contribution in [-0.4, -0.2) is 6.13 Å². The van der Waals surface area contributed by atoms with Crippen LogP contribution in [0.5, 0.6) is 0 Å². The molecule has 4 saturated carbocycles. The van der Waals surface area contributed by atoms with E-state index < -0.39 is 0 Å². The van der Waals surface area contributed by atoms with Gasteiger partial charge in [-0.05, 0) is 48.1 Å². The van der Waals surface area contributed by atoms with Crippen LogP contribution in [0, 0.1) is 23.7 Å². The van der Waals surface area contributed by atoms with Crippen molar-refractivity contribution >= 4 is 17.6 Å². The molecule has 0 spiro atoms. The molecule has 0 aliphatic heterocycles. The highest BCUT2D eigenvalue weighted by molar-refractivity contribution is 7.08. The van der Waals surface area contributed by atoms with E-state index in [1.165, 1.54) is 51.4 Å². The summed E-state index contributed by atoms with van der Waals surface area (Å²) in [5.74, 6) is 5.98. The van der Waals surface area contributed by atoms with Gasteiger partial charge in [-0.1, -0.05) is 38.5 Å². The van der Waals surface area contributed by atoms with Gasteiger partial charge in [0.25, 0.3) is 6.13 Å². The number of hydrogen-bond acceptors (Lipinski definition) is 0. The lowest BCUT2D eigenvalue weighted by Gasteiger charge is -2.32. The zero-order chi connectivity index (χ0) is 10.7. The quantitative estimate of drug-likeness (QED) is 0.615. The molecule has 0 aromatic carbocycles. The summed E-state index contributed by atoms with van der Waals surface area (Å²) in [6, 6.07) is 0. The molecule has 0 radical (unpaired) electrons. The first-order valence-corrected chi connectivity index (χ1v) is 7.89. The van der Waals surface area contributed by atoms with Gasteiger partial charge >= 0.3 is 0 Å². The van der Waals surface area contributed by atoms with E-state index in [1.807, 2.05) is 0 Å². The van der Waals surface area contributed by atoms with E-state index in [9.17, 15) is 0 Å². The second-order valence-corrected chi connectivity index (χ2v) is 7.63. The Morgan fingerprint density at radius 2 is 1.19 bits per heavy atom. The standard InChI is InChI=1S/C14H22BCl/c16-15(13-7-9-1-3-11(13)5-9)14-8-10-2-4-12(14)6-10/h9-14H,1-8H2/t9-,10-,11+,12+,13-,14-/m1/s1. The molecule has 4 aliphatic carbocycles. The molecule has 16 heavy (non-hydrogen) atoms. The molecule has 0 aromatic rings. The second kappa shape index (κ2) is 3.67. The maximum Gasteiger partial charge on any atom is 0.257 e. The Morgan fingerprint density at radius 1 is 0.688 bits per heavy atom. The third kappa shape index (κ3) is 1.43. The van der Waals surface area contributed by atoms with Crippen molar-refractivity contribution in [1.29, 1.82) is 0 Å². The topological polar surface area (TPSA) is 0 Å². The largest absolute Gasteiger partial charge is 0.257 e. The van der Waals surface area contributed by atoms with Crippen molar-refractivity contribution in [1.82, 2.24) is 0 Å². The molecular weight excluding hydrogens is 214 g/mol. The smallest absolute Gasteiger partial charge is 0.195 e. The predicted octanol–water partition coefficient (Wildman–Crippen LogP) is 4.60. The molecule has 0 nitrogen and oxygen atoms in total. The Labute approximate surface area is 105 Å². The van der Waals surface area contributed by atoms with Gasteiger partial charge in [0.2, 0.25) is 0 Å². The van der Waals surface area contributed by atoms with Gasteiger partial charge in [0.05, 0.1) is 0 Å². The molecule has 4 fully saturated rings. The molecule has 88 valence electrons. The third-order valence-corrected chi connectivity index (χ3v) is 7.05. The van der Waals surface area contributed by atoms with Gasteiger partial charge in [0.1, 0.15) is 0 Å².